The van der Waals surface area contributed by atoms with Crippen molar-refractivity contribution in [3.63, 3.8) is 0 Å². The molecule has 0 N–H and O–H groups in total. The van der Waals surface area contributed by atoms with Crippen LogP contribution in [0, 0.1) is 35.0 Å². The van der Waals surface area contributed by atoms with Gasteiger partial charge in [-0.2, -0.15) is 5.26 Å². The molecule has 0 heterocycles. The van der Waals surface area contributed by atoms with Gasteiger partial charge in [-0.15, -0.1) is 0 Å². The van der Waals surface area contributed by atoms with Gasteiger partial charge in [0, 0.05) is 5.92 Å². The van der Waals surface area contributed by atoms with Crippen molar-refractivity contribution in [3.05, 3.63) is 12.2 Å². The Labute approximate surface area is 125 Å². The van der Waals surface area contributed by atoms with E-state index in [-0.39, 0.29) is 0 Å². The summed E-state index contributed by atoms with van der Waals surface area (Å²) in [6.45, 7) is 2.23. The summed E-state index contributed by atoms with van der Waals surface area (Å²) in [6, 6.07) is 2.45. The van der Waals surface area contributed by atoms with Crippen LogP contribution in [0.3, 0.4) is 0 Å². The maximum Gasteiger partial charge on any atom is 0.0655 e. The Hall–Kier alpha value is -0.770. The molecule has 0 radical (unpaired) electrons. The van der Waals surface area contributed by atoms with Gasteiger partial charge in [0.05, 0.1) is 6.07 Å². The van der Waals surface area contributed by atoms with Gasteiger partial charge in [0.15, 0.2) is 0 Å². The molecule has 0 amide bonds. The maximum absolute atomic E-state index is 8.94. The van der Waals surface area contributed by atoms with E-state index in [1.807, 2.05) is 0 Å². The van der Waals surface area contributed by atoms with E-state index >= 15 is 0 Å². The van der Waals surface area contributed by atoms with Crippen LogP contribution < -0.4 is 0 Å². The fourth-order valence-electron chi connectivity index (χ4n) is 4.05. The third-order valence-corrected chi connectivity index (χ3v) is 5.55. The average Bonchev–Trinajstić information content (AvgIpc) is 2.52. The topological polar surface area (TPSA) is 23.8 Å². The van der Waals surface area contributed by atoms with Crippen LogP contribution in [0.25, 0.3) is 0 Å². The predicted octanol–water partition coefficient (Wildman–Crippen LogP) is 5.87. The van der Waals surface area contributed by atoms with Crippen LogP contribution >= 0.6 is 0 Å². The van der Waals surface area contributed by atoms with Crippen molar-refractivity contribution in [2.75, 3.05) is 0 Å². The van der Waals surface area contributed by atoms with Crippen LogP contribution in [-0.4, -0.2) is 0 Å². The van der Waals surface area contributed by atoms with Gasteiger partial charge in [-0.05, 0) is 75.5 Å². The summed E-state index contributed by atoms with van der Waals surface area (Å²) in [4.78, 5) is 0. The molecule has 1 heteroatoms. The first-order chi connectivity index (χ1) is 9.81. The second kappa shape index (κ2) is 8.50. The highest BCUT2D eigenvalue weighted by atomic mass is 14.3. The number of nitrogens with zero attached hydrogens (tertiary/aromatic N) is 1. The summed E-state index contributed by atoms with van der Waals surface area (Å²) < 4.78 is 0. The zero-order valence-corrected chi connectivity index (χ0v) is 13.2. The predicted molar refractivity (Wildman–Crippen MR) is 85.2 cm³/mol. The van der Waals surface area contributed by atoms with Crippen molar-refractivity contribution in [2.45, 2.75) is 77.6 Å². The summed E-state index contributed by atoms with van der Waals surface area (Å²) in [5, 5.41) is 8.94. The van der Waals surface area contributed by atoms with Crippen LogP contribution in [0.15, 0.2) is 12.2 Å². The number of allylic oxidation sites excluding steroid dienone is 2. The highest BCUT2D eigenvalue weighted by Crippen LogP contribution is 2.36. The minimum absolute atomic E-state index is 0.368. The van der Waals surface area contributed by atoms with E-state index < -0.39 is 0 Å². The quantitative estimate of drug-likeness (QED) is 0.575. The highest BCUT2D eigenvalue weighted by molar-refractivity contribution is 4.91. The van der Waals surface area contributed by atoms with Crippen molar-refractivity contribution in [1.82, 2.24) is 0 Å². The van der Waals surface area contributed by atoms with Gasteiger partial charge in [-0.3, -0.25) is 0 Å². The van der Waals surface area contributed by atoms with Crippen LogP contribution in [-0.2, 0) is 0 Å². The second-order valence-corrected chi connectivity index (χ2v) is 7.04. The fraction of sp³-hybridized carbons (Fsp3) is 0.842. The Morgan fingerprint density at radius 2 is 1.45 bits per heavy atom. The highest BCUT2D eigenvalue weighted by Gasteiger charge is 2.23. The Balaban J connectivity index is 1.60. The number of hydrogen-bond acceptors (Lipinski definition) is 1. The van der Waals surface area contributed by atoms with Crippen molar-refractivity contribution < 1.29 is 0 Å². The molecule has 0 aromatic heterocycles. The largest absolute Gasteiger partial charge is 0.198 e. The first-order valence-electron chi connectivity index (χ1n) is 8.88. The van der Waals surface area contributed by atoms with Crippen molar-refractivity contribution in [2.24, 2.45) is 23.7 Å². The summed E-state index contributed by atoms with van der Waals surface area (Å²) in [7, 11) is 0. The fourth-order valence-corrected chi connectivity index (χ4v) is 4.05. The lowest BCUT2D eigenvalue weighted by molar-refractivity contribution is 0.242. The second-order valence-electron chi connectivity index (χ2n) is 7.04. The molecular formula is C19H31N. The molecule has 2 saturated carbocycles. The number of nitriles is 1. The van der Waals surface area contributed by atoms with E-state index in [2.05, 4.69) is 25.1 Å². The van der Waals surface area contributed by atoms with Crippen molar-refractivity contribution >= 4 is 0 Å². The molecule has 2 aliphatic carbocycles. The molecule has 0 atom stereocenters. The van der Waals surface area contributed by atoms with Gasteiger partial charge in [0.2, 0.25) is 0 Å². The Morgan fingerprint density at radius 1 is 0.900 bits per heavy atom. The normalized spacial score (nSPS) is 35.0. The average molecular weight is 273 g/mol. The van der Waals surface area contributed by atoms with Gasteiger partial charge >= 0.3 is 0 Å². The van der Waals surface area contributed by atoms with Gasteiger partial charge in [-0.25, -0.2) is 0 Å². The number of hydrogen-bond donors (Lipinski definition) is 0. The smallest absolute Gasteiger partial charge is 0.0655 e. The first-order valence-corrected chi connectivity index (χ1v) is 8.88. The van der Waals surface area contributed by atoms with Crippen LogP contribution in [0.5, 0.6) is 0 Å². The van der Waals surface area contributed by atoms with E-state index in [1.165, 1.54) is 57.8 Å². The Morgan fingerprint density at radius 3 is 1.95 bits per heavy atom. The summed E-state index contributed by atoms with van der Waals surface area (Å²) in [5.74, 6) is 3.16. The van der Waals surface area contributed by atoms with Gasteiger partial charge in [0.1, 0.15) is 0 Å². The summed E-state index contributed by atoms with van der Waals surface area (Å²) >= 11 is 0. The monoisotopic (exact) mass is 273 g/mol. The van der Waals surface area contributed by atoms with Crippen molar-refractivity contribution in [3.8, 4) is 6.07 Å². The molecule has 0 aromatic carbocycles. The molecule has 1 nitrogen and oxygen atoms in total. The van der Waals surface area contributed by atoms with E-state index in [4.69, 9.17) is 5.26 Å². The minimum atomic E-state index is 0.368. The molecule has 112 valence electrons. The Kier molecular flexibility index (Phi) is 6.64. The third-order valence-electron chi connectivity index (χ3n) is 5.55. The zero-order chi connectivity index (χ0) is 14.2. The molecule has 0 aromatic rings. The lowest BCUT2D eigenvalue weighted by atomic mass is 9.76. The van der Waals surface area contributed by atoms with Crippen LogP contribution in [0.1, 0.15) is 77.6 Å². The molecular weight excluding hydrogens is 242 g/mol. The standard InChI is InChI=1S/C19H31N/c1-2-3-4-16-5-7-17(8-6-16)9-10-18-11-13-19(15-20)14-12-18/h3-4,16-19H,2,5-14H2,1H3. The van der Waals surface area contributed by atoms with E-state index in [1.54, 1.807) is 0 Å². The lowest BCUT2D eigenvalue weighted by Crippen LogP contribution is -2.17. The number of rotatable bonds is 5. The van der Waals surface area contributed by atoms with E-state index in [0.29, 0.717) is 5.92 Å². The van der Waals surface area contributed by atoms with E-state index in [0.717, 1.165) is 30.6 Å². The van der Waals surface area contributed by atoms with Gasteiger partial charge in [0.25, 0.3) is 0 Å². The Bertz CT molecular complexity index is 322. The third kappa shape index (κ3) is 4.97. The SMILES string of the molecule is CCC=CC1CCC(CCC2CCC(C#N)CC2)CC1. The van der Waals surface area contributed by atoms with Gasteiger partial charge < -0.3 is 0 Å². The molecule has 2 fully saturated rings. The molecule has 0 spiro atoms. The van der Waals surface area contributed by atoms with Gasteiger partial charge in [-0.1, -0.05) is 31.9 Å². The van der Waals surface area contributed by atoms with Crippen LogP contribution in [0.4, 0.5) is 0 Å². The van der Waals surface area contributed by atoms with E-state index in [9.17, 15) is 0 Å². The molecule has 0 unspecified atom stereocenters. The summed E-state index contributed by atoms with van der Waals surface area (Å²) in [5.41, 5.74) is 0. The molecule has 0 saturated heterocycles. The van der Waals surface area contributed by atoms with Crippen molar-refractivity contribution in [1.29, 1.82) is 5.26 Å². The molecule has 20 heavy (non-hydrogen) atoms. The molecule has 0 aliphatic heterocycles. The zero-order valence-electron chi connectivity index (χ0n) is 13.2. The molecule has 2 aliphatic rings. The molecule has 0 bridgehead atoms. The minimum Gasteiger partial charge on any atom is -0.198 e. The van der Waals surface area contributed by atoms with Crippen LogP contribution in [0.2, 0.25) is 0 Å². The summed E-state index contributed by atoms with van der Waals surface area (Å²) in [6.07, 6.45) is 19.6. The molecule has 2 rings (SSSR count). The first kappa shape index (κ1) is 15.6. The maximum atomic E-state index is 8.94. The lowest BCUT2D eigenvalue weighted by Gasteiger charge is -2.30.